The maximum Gasteiger partial charge on any atom is 0.0163 e. The third kappa shape index (κ3) is 2.14. The van der Waals surface area contributed by atoms with Crippen LogP contribution >= 0.6 is 0 Å². The topological polar surface area (TPSA) is 3.24 Å². The average Bonchev–Trinajstić information content (AvgIpc) is 2.69. The fourth-order valence-corrected chi connectivity index (χ4v) is 1.32. The van der Waals surface area contributed by atoms with Crippen molar-refractivity contribution in [2.75, 3.05) is 13.1 Å². The van der Waals surface area contributed by atoms with Crippen molar-refractivity contribution in [2.24, 2.45) is 0 Å². The molecule has 1 heteroatoms. The predicted molar refractivity (Wildman–Crippen MR) is 45.1 cm³/mol. The van der Waals surface area contributed by atoms with E-state index in [1.165, 1.54) is 25.8 Å². The Morgan fingerprint density at radius 1 is 1.60 bits per heavy atom. The molecule has 1 saturated carbocycles. The summed E-state index contributed by atoms with van der Waals surface area (Å²) in [6.45, 7) is 8.31. The molecule has 0 N–H and O–H groups in total. The van der Waals surface area contributed by atoms with Crippen LogP contribution < -0.4 is 0 Å². The van der Waals surface area contributed by atoms with Gasteiger partial charge in [-0.25, -0.2) is 0 Å². The van der Waals surface area contributed by atoms with Gasteiger partial charge in [0.25, 0.3) is 0 Å². The summed E-state index contributed by atoms with van der Waals surface area (Å²) in [5, 5.41) is 0. The third-order valence-electron chi connectivity index (χ3n) is 1.94. The predicted octanol–water partition coefficient (Wildman–Crippen LogP) is 2.05. The normalized spacial score (nSPS) is 17.8. The van der Waals surface area contributed by atoms with Crippen LogP contribution in [0.4, 0.5) is 0 Å². The Morgan fingerprint density at radius 3 is 2.70 bits per heavy atom. The fraction of sp³-hybridized carbons (Fsp3) is 0.778. The van der Waals surface area contributed by atoms with Crippen molar-refractivity contribution in [2.45, 2.75) is 32.2 Å². The molecule has 1 rings (SSSR count). The van der Waals surface area contributed by atoms with Crippen LogP contribution in [-0.4, -0.2) is 24.0 Å². The Labute approximate surface area is 63.7 Å². The summed E-state index contributed by atoms with van der Waals surface area (Å²) in [4.78, 5) is 2.52. The minimum absolute atomic E-state index is 0.901. The van der Waals surface area contributed by atoms with Gasteiger partial charge in [-0.3, -0.25) is 4.90 Å². The number of rotatable bonds is 5. The molecule has 0 aromatic heterocycles. The zero-order valence-corrected chi connectivity index (χ0v) is 6.84. The maximum atomic E-state index is 3.75. The van der Waals surface area contributed by atoms with Gasteiger partial charge in [0, 0.05) is 12.6 Å². The smallest absolute Gasteiger partial charge is 0.0163 e. The highest BCUT2D eigenvalue weighted by Gasteiger charge is 2.26. The largest absolute Gasteiger partial charge is 0.297 e. The molecule has 0 bridgehead atoms. The molecule has 1 aliphatic carbocycles. The second-order valence-electron chi connectivity index (χ2n) is 3.01. The Kier molecular flexibility index (Phi) is 2.94. The van der Waals surface area contributed by atoms with Crippen molar-refractivity contribution in [1.82, 2.24) is 4.90 Å². The number of nitrogens with zero attached hydrogens (tertiary/aromatic N) is 1. The van der Waals surface area contributed by atoms with E-state index >= 15 is 0 Å². The molecule has 1 fully saturated rings. The van der Waals surface area contributed by atoms with Crippen molar-refractivity contribution in [1.29, 1.82) is 0 Å². The lowest BCUT2D eigenvalue weighted by Crippen LogP contribution is -2.26. The lowest BCUT2D eigenvalue weighted by atomic mass is 10.4. The first-order valence-corrected chi connectivity index (χ1v) is 4.23. The highest BCUT2D eigenvalue weighted by atomic mass is 15.2. The molecular formula is C9H17N. The summed E-state index contributed by atoms with van der Waals surface area (Å²) >= 11 is 0. The highest BCUT2D eigenvalue weighted by molar-refractivity contribution is 4.87. The van der Waals surface area contributed by atoms with Gasteiger partial charge in [-0.05, 0) is 25.8 Å². The lowest BCUT2D eigenvalue weighted by Gasteiger charge is -2.18. The molecular weight excluding hydrogens is 122 g/mol. The van der Waals surface area contributed by atoms with Gasteiger partial charge in [-0.1, -0.05) is 13.0 Å². The summed E-state index contributed by atoms with van der Waals surface area (Å²) in [6, 6.07) is 0.901. The molecule has 0 saturated heterocycles. The molecule has 0 heterocycles. The van der Waals surface area contributed by atoms with E-state index in [9.17, 15) is 0 Å². The van der Waals surface area contributed by atoms with Crippen LogP contribution in [0.25, 0.3) is 0 Å². The Hall–Kier alpha value is -0.300. The summed E-state index contributed by atoms with van der Waals surface area (Å²) in [5.74, 6) is 0. The van der Waals surface area contributed by atoms with Crippen molar-refractivity contribution in [3.63, 3.8) is 0 Å². The van der Waals surface area contributed by atoms with Crippen molar-refractivity contribution < 1.29 is 0 Å². The van der Waals surface area contributed by atoms with Gasteiger partial charge in [-0.2, -0.15) is 0 Å². The second-order valence-corrected chi connectivity index (χ2v) is 3.01. The molecule has 10 heavy (non-hydrogen) atoms. The summed E-state index contributed by atoms with van der Waals surface area (Å²) in [7, 11) is 0. The first-order valence-electron chi connectivity index (χ1n) is 4.23. The molecule has 0 aromatic carbocycles. The summed E-state index contributed by atoms with van der Waals surface area (Å²) in [5.41, 5.74) is 0. The second kappa shape index (κ2) is 3.77. The molecule has 0 unspecified atom stereocenters. The minimum Gasteiger partial charge on any atom is -0.297 e. The Morgan fingerprint density at radius 2 is 2.30 bits per heavy atom. The maximum absolute atomic E-state index is 3.75. The van der Waals surface area contributed by atoms with Crippen LogP contribution in [0.3, 0.4) is 0 Å². The molecule has 1 nitrogen and oxygen atoms in total. The molecule has 0 radical (unpaired) electrons. The van der Waals surface area contributed by atoms with Crippen LogP contribution in [0.15, 0.2) is 12.7 Å². The van der Waals surface area contributed by atoms with E-state index in [1.54, 1.807) is 0 Å². The van der Waals surface area contributed by atoms with E-state index in [-0.39, 0.29) is 0 Å². The van der Waals surface area contributed by atoms with E-state index in [1.807, 2.05) is 6.08 Å². The summed E-state index contributed by atoms with van der Waals surface area (Å²) < 4.78 is 0. The van der Waals surface area contributed by atoms with Crippen LogP contribution in [0.5, 0.6) is 0 Å². The van der Waals surface area contributed by atoms with Gasteiger partial charge in [-0.15, -0.1) is 6.58 Å². The summed E-state index contributed by atoms with van der Waals surface area (Å²) in [6.07, 6.45) is 6.10. The first kappa shape index (κ1) is 7.80. The highest BCUT2D eigenvalue weighted by Crippen LogP contribution is 2.26. The molecule has 1 aliphatic rings. The van der Waals surface area contributed by atoms with Crippen LogP contribution in [0.1, 0.15) is 26.2 Å². The van der Waals surface area contributed by atoms with E-state index in [0.29, 0.717) is 0 Å². The van der Waals surface area contributed by atoms with Crippen molar-refractivity contribution >= 4 is 0 Å². The third-order valence-corrected chi connectivity index (χ3v) is 1.94. The molecule has 0 spiro atoms. The zero-order valence-electron chi connectivity index (χ0n) is 6.84. The molecule has 0 aromatic rings. The van der Waals surface area contributed by atoms with Crippen molar-refractivity contribution in [3.8, 4) is 0 Å². The Bertz CT molecular complexity index is 105. The van der Waals surface area contributed by atoms with E-state index < -0.39 is 0 Å². The standard InChI is InChI=1S/C9H17N/c1-3-7-10(8-4-2)9-5-6-9/h3,9H,1,4-8H2,2H3. The molecule has 58 valence electrons. The zero-order chi connectivity index (χ0) is 7.40. The SMILES string of the molecule is C=CCN(CCC)C1CC1. The van der Waals surface area contributed by atoms with Gasteiger partial charge in [0.15, 0.2) is 0 Å². The van der Waals surface area contributed by atoms with Gasteiger partial charge in [0.1, 0.15) is 0 Å². The van der Waals surface area contributed by atoms with Crippen LogP contribution in [-0.2, 0) is 0 Å². The van der Waals surface area contributed by atoms with E-state index in [2.05, 4.69) is 18.4 Å². The van der Waals surface area contributed by atoms with Crippen molar-refractivity contribution in [3.05, 3.63) is 12.7 Å². The Balaban J connectivity index is 2.19. The number of hydrogen-bond donors (Lipinski definition) is 0. The van der Waals surface area contributed by atoms with Gasteiger partial charge in [0.05, 0.1) is 0 Å². The molecule has 0 amide bonds. The average molecular weight is 139 g/mol. The molecule has 0 aliphatic heterocycles. The fourth-order valence-electron chi connectivity index (χ4n) is 1.32. The number of hydrogen-bond acceptors (Lipinski definition) is 1. The van der Waals surface area contributed by atoms with E-state index in [0.717, 1.165) is 12.6 Å². The van der Waals surface area contributed by atoms with Crippen LogP contribution in [0, 0.1) is 0 Å². The monoisotopic (exact) mass is 139 g/mol. The first-order chi connectivity index (χ1) is 4.88. The molecule has 0 atom stereocenters. The minimum atomic E-state index is 0.901. The van der Waals surface area contributed by atoms with Gasteiger partial charge < -0.3 is 0 Å². The lowest BCUT2D eigenvalue weighted by molar-refractivity contribution is 0.293. The van der Waals surface area contributed by atoms with Gasteiger partial charge >= 0.3 is 0 Å². The van der Waals surface area contributed by atoms with Gasteiger partial charge in [0.2, 0.25) is 0 Å². The quantitative estimate of drug-likeness (QED) is 0.527. The van der Waals surface area contributed by atoms with E-state index in [4.69, 9.17) is 0 Å². The van der Waals surface area contributed by atoms with Crippen LogP contribution in [0.2, 0.25) is 0 Å².